The lowest BCUT2D eigenvalue weighted by Crippen LogP contribution is -2.43. The summed E-state index contributed by atoms with van der Waals surface area (Å²) in [6, 6.07) is 12.0. The molecular weight excluding hydrogens is 414 g/mol. The Morgan fingerprint density at radius 3 is 2.72 bits per heavy atom. The quantitative estimate of drug-likeness (QED) is 0.582. The highest BCUT2D eigenvalue weighted by atomic mass is 35.5. The van der Waals surface area contributed by atoms with Crippen LogP contribution in [0.1, 0.15) is 0 Å². The summed E-state index contributed by atoms with van der Waals surface area (Å²) in [6.45, 7) is -0.198. The molecule has 0 radical (unpaired) electrons. The average molecular weight is 430 g/mol. The molecule has 2 aromatic rings. The summed E-state index contributed by atoms with van der Waals surface area (Å²) in [5.41, 5.74) is 1.01. The maximum Gasteiger partial charge on any atom is 0.263 e. The first kappa shape index (κ1) is 19.4. The molecule has 0 spiro atoms. The molecule has 4 rings (SSSR count). The van der Waals surface area contributed by atoms with Crippen LogP contribution >= 0.6 is 23.4 Å². The van der Waals surface area contributed by atoms with Crippen molar-refractivity contribution in [1.82, 2.24) is 5.01 Å². The number of fused-ring (bicyclic) bond motifs is 1. The Hall–Kier alpha value is -2.91. The predicted molar refractivity (Wildman–Crippen MR) is 110 cm³/mol. The van der Waals surface area contributed by atoms with Crippen LogP contribution in [-0.2, 0) is 14.4 Å². The van der Waals surface area contributed by atoms with Crippen molar-refractivity contribution in [2.24, 2.45) is 10.3 Å². The van der Waals surface area contributed by atoms with E-state index in [1.54, 1.807) is 36.0 Å². The number of thioether (sulfide) groups is 1. The van der Waals surface area contributed by atoms with Gasteiger partial charge in [-0.05, 0) is 42.7 Å². The molecule has 0 unspecified atom stereocenters. The Labute approximate surface area is 175 Å². The van der Waals surface area contributed by atoms with E-state index in [2.05, 4.69) is 15.7 Å². The van der Waals surface area contributed by atoms with E-state index < -0.39 is 23.9 Å². The topological polar surface area (TPSA) is 94.4 Å². The second-order valence-electron chi connectivity index (χ2n) is 6.46. The summed E-state index contributed by atoms with van der Waals surface area (Å²) in [6.07, 6.45) is 1.94. The molecule has 0 bridgehead atoms. The third kappa shape index (κ3) is 3.70. The van der Waals surface area contributed by atoms with E-state index in [4.69, 9.17) is 11.6 Å². The number of imide groups is 1. The standard InChI is InChI=1S/C19H16ClN5O3S/c1-29-14-7-3-5-12(9-14)21-15(26)10-24-17-16(22-23-24)18(27)25(19(17)28)13-6-2-4-11(20)8-13/h2-9,16-17H,10H2,1H3,(H,21,26)/t16-,17-/m0/s1. The number of amides is 3. The van der Waals surface area contributed by atoms with Crippen LogP contribution < -0.4 is 10.2 Å². The van der Waals surface area contributed by atoms with Gasteiger partial charge in [-0.2, -0.15) is 5.11 Å². The van der Waals surface area contributed by atoms with Crippen LogP contribution in [-0.4, -0.2) is 47.6 Å². The van der Waals surface area contributed by atoms with Crippen LogP contribution in [0, 0.1) is 0 Å². The Bertz CT molecular complexity index is 1030. The van der Waals surface area contributed by atoms with E-state index in [0.717, 1.165) is 9.80 Å². The fourth-order valence-corrected chi connectivity index (χ4v) is 3.92. The van der Waals surface area contributed by atoms with Crippen molar-refractivity contribution in [1.29, 1.82) is 0 Å². The largest absolute Gasteiger partial charge is 0.324 e. The van der Waals surface area contributed by atoms with Gasteiger partial charge in [0.1, 0.15) is 6.54 Å². The summed E-state index contributed by atoms with van der Waals surface area (Å²) in [5.74, 6) is -1.32. The Balaban J connectivity index is 1.48. The molecule has 2 atom stereocenters. The molecule has 0 aliphatic carbocycles. The Morgan fingerprint density at radius 2 is 1.97 bits per heavy atom. The van der Waals surface area contributed by atoms with Crippen LogP contribution in [0.3, 0.4) is 0 Å². The van der Waals surface area contributed by atoms with Crippen LogP contribution in [0.25, 0.3) is 0 Å². The van der Waals surface area contributed by atoms with E-state index in [1.807, 2.05) is 24.5 Å². The zero-order valence-corrected chi connectivity index (χ0v) is 16.9. The number of benzene rings is 2. The van der Waals surface area contributed by atoms with Gasteiger partial charge >= 0.3 is 0 Å². The van der Waals surface area contributed by atoms with Gasteiger partial charge in [-0.3, -0.25) is 19.4 Å². The smallest absolute Gasteiger partial charge is 0.263 e. The maximum absolute atomic E-state index is 12.9. The summed E-state index contributed by atoms with van der Waals surface area (Å²) in [5, 5.41) is 12.2. The lowest BCUT2D eigenvalue weighted by atomic mass is 10.1. The molecule has 29 heavy (non-hydrogen) atoms. The summed E-state index contributed by atoms with van der Waals surface area (Å²) in [4.78, 5) is 40.1. The molecule has 0 saturated carbocycles. The van der Waals surface area contributed by atoms with Crippen molar-refractivity contribution in [2.45, 2.75) is 17.0 Å². The number of hydrogen-bond donors (Lipinski definition) is 1. The third-order valence-electron chi connectivity index (χ3n) is 4.58. The second-order valence-corrected chi connectivity index (χ2v) is 7.78. The summed E-state index contributed by atoms with van der Waals surface area (Å²) >= 11 is 7.54. The van der Waals surface area contributed by atoms with Crippen LogP contribution in [0.5, 0.6) is 0 Å². The minimum absolute atomic E-state index is 0.198. The fourth-order valence-electron chi connectivity index (χ4n) is 3.27. The lowest BCUT2D eigenvalue weighted by Gasteiger charge is -2.20. The van der Waals surface area contributed by atoms with E-state index in [9.17, 15) is 14.4 Å². The van der Waals surface area contributed by atoms with Crippen molar-refractivity contribution in [3.63, 3.8) is 0 Å². The van der Waals surface area contributed by atoms with Gasteiger partial charge in [-0.15, -0.1) is 11.8 Å². The Kier molecular flexibility index (Phi) is 5.25. The number of nitrogens with zero attached hydrogens (tertiary/aromatic N) is 4. The molecule has 148 valence electrons. The normalized spacial score (nSPS) is 20.3. The van der Waals surface area contributed by atoms with E-state index in [-0.39, 0.29) is 12.5 Å². The monoisotopic (exact) mass is 429 g/mol. The minimum Gasteiger partial charge on any atom is -0.324 e. The molecule has 2 aliphatic heterocycles. The molecular formula is C19H16ClN5O3S. The SMILES string of the molecule is CSc1cccc(NC(=O)CN2N=N[C@@H]3C(=O)N(c4cccc(Cl)c4)C(=O)[C@H]32)c1. The molecule has 1 fully saturated rings. The molecule has 0 aromatic heterocycles. The zero-order valence-electron chi connectivity index (χ0n) is 15.3. The highest BCUT2D eigenvalue weighted by Gasteiger charge is 2.55. The first-order valence-corrected chi connectivity index (χ1v) is 10.3. The van der Waals surface area contributed by atoms with Crippen molar-refractivity contribution in [3.8, 4) is 0 Å². The van der Waals surface area contributed by atoms with Crippen molar-refractivity contribution >= 4 is 52.5 Å². The number of anilines is 2. The summed E-state index contributed by atoms with van der Waals surface area (Å²) < 4.78 is 0. The average Bonchev–Trinajstić information content (AvgIpc) is 3.21. The summed E-state index contributed by atoms with van der Waals surface area (Å²) in [7, 11) is 0. The van der Waals surface area contributed by atoms with Gasteiger partial charge in [-0.25, -0.2) is 4.90 Å². The fraction of sp³-hybridized carbons (Fsp3) is 0.211. The van der Waals surface area contributed by atoms with Gasteiger partial charge in [0.05, 0.1) is 5.69 Å². The van der Waals surface area contributed by atoms with Gasteiger partial charge in [0.15, 0.2) is 12.1 Å². The van der Waals surface area contributed by atoms with Gasteiger partial charge in [0.2, 0.25) is 5.91 Å². The van der Waals surface area contributed by atoms with Crippen LogP contribution in [0.2, 0.25) is 5.02 Å². The molecule has 2 heterocycles. The first-order chi connectivity index (χ1) is 14.0. The van der Waals surface area contributed by atoms with E-state index in [1.165, 1.54) is 11.1 Å². The number of carbonyl (C=O) groups is 3. The van der Waals surface area contributed by atoms with Gasteiger partial charge < -0.3 is 5.32 Å². The molecule has 3 amide bonds. The van der Waals surface area contributed by atoms with Crippen molar-refractivity contribution < 1.29 is 14.4 Å². The van der Waals surface area contributed by atoms with E-state index in [0.29, 0.717) is 16.4 Å². The van der Waals surface area contributed by atoms with Crippen LogP contribution in [0.15, 0.2) is 63.8 Å². The number of carbonyl (C=O) groups excluding carboxylic acids is 3. The molecule has 8 nitrogen and oxygen atoms in total. The Morgan fingerprint density at radius 1 is 1.17 bits per heavy atom. The number of hydrogen-bond acceptors (Lipinski definition) is 7. The van der Waals surface area contributed by atoms with Crippen molar-refractivity contribution in [2.75, 3.05) is 23.0 Å². The lowest BCUT2D eigenvalue weighted by molar-refractivity contribution is -0.123. The third-order valence-corrected chi connectivity index (χ3v) is 5.54. The van der Waals surface area contributed by atoms with Gasteiger partial charge in [0.25, 0.3) is 11.8 Å². The zero-order chi connectivity index (χ0) is 20.5. The number of nitrogens with one attached hydrogen (secondary N) is 1. The molecule has 1 N–H and O–H groups in total. The highest BCUT2D eigenvalue weighted by molar-refractivity contribution is 7.98. The molecule has 1 saturated heterocycles. The second kappa shape index (κ2) is 7.84. The molecule has 10 heteroatoms. The predicted octanol–water partition coefficient (Wildman–Crippen LogP) is 2.99. The van der Waals surface area contributed by atoms with E-state index >= 15 is 0 Å². The minimum atomic E-state index is -0.964. The maximum atomic E-state index is 12.9. The highest BCUT2D eigenvalue weighted by Crippen LogP contribution is 2.32. The number of rotatable bonds is 5. The first-order valence-electron chi connectivity index (χ1n) is 8.72. The number of halogens is 1. The van der Waals surface area contributed by atoms with Crippen molar-refractivity contribution in [3.05, 3.63) is 53.6 Å². The molecule has 2 aromatic carbocycles. The van der Waals surface area contributed by atoms with Gasteiger partial charge in [-0.1, -0.05) is 29.0 Å². The van der Waals surface area contributed by atoms with Crippen LogP contribution in [0.4, 0.5) is 11.4 Å². The molecule has 2 aliphatic rings. The van der Waals surface area contributed by atoms with Gasteiger partial charge in [0, 0.05) is 15.6 Å².